The number of nitriles is 1. The summed E-state index contributed by atoms with van der Waals surface area (Å²) in [5, 5.41) is 27.2. The lowest BCUT2D eigenvalue weighted by atomic mass is 10.2. The number of anilines is 2. The van der Waals surface area contributed by atoms with Crippen LogP contribution in [-0.2, 0) is 9.59 Å². The summed E-state index contributed by atoms with van der Waals surface area (Å²) in [6.07, 6.45) is 1.14. The van der Waals surface area contributed by atoms with Crippen molar-refractivity contribution in [1.29, 1.82) is 5.26 Å². The first kappa shape index (κ1) is 19.2. The molecule has 0 spiro atoms. The highest BCUT2D eigenvalue weighted by Crippen LogP contribution is 2.18. The quantitative estimate of drug-likeness (QED) is 0.361. The molecule has 0 fully saturated rings. The number of amides is 2. The van der Waals surface area contributed by atoms with E-state index in [1.807, 2.05) is 0 Å². The Morgan fingerprint density at radius 1 is 1.21 bits per heavy atom. The van der Waals surface area contributed by atoms with Crippen LogP contribution in [0.25, 0.3) is 0 Å². The molecule has 0 aromatic heterocycles. The van der Waals surface area contributed by atoms with Crippen LogP contribution >= 0.6 is 0 Å². The number of benzene rings is 1. The van der Waals surface area contributed by atoms with Gasteiger partial charge >= 0.3 is 0 Å². The van der Waals surface area contributed by atoms with Crippen LogP contribution < -0.4 is 10.6 Å². The van der Waals surface area contributed by atoms with Crippen LogP contribution in [-0.4, -0.2) is 53.2 Å². The van der Waals surface area contributed by atoms with Gasteiger partial charge in [0.25, 0.3) is 5.91 Å². The summed E-state index contributed by atoms with van der Waals surface area (Å²) in [5.41, 5.74) is 6.28. The van der Waals surface area contributed by atoms with E-state index in [-0.39, 0.29) is 31.9 Å². The molecule has 8 nitrogen and oxygen atoms in total. The fourth-order valence-electron chi connectivity index (χ4n) is 1.97. The van der Waals surface area contributed by atoms with Gasteiger partial charge < -0.3 is 20.8 Å². The third-order valence-corrected chi connectivity index (χ3v) is 3.15. The van der Waals surface area contributed by atoms with E-state index in [0.717, 1.165) is 16.0 Å². The molecule has 128 valence electrons. The number of hydrogen-bond acceptors (Lipinski definition) is 6. The molecule has 0 saturated carbocycles. The number of nitrogens with two attached hydrogens (primary N) is 1. The van der Waals surface area contributed by atoms with Crippen molar-refractivity contribution in [2.75, 3.05) is 36.9 Å². The van der Waals surface area contributed by atoms with E-state index in [9.17, 15) is 14.9 Å². The van der Waals surface area contributed by atoms with Crippen molar-refractivity contribution in [2.24, 2.45) is 0 Å². The zero-order valence-corrected chi connectivity index (χ0v) is 13.3. The van der Waals surface area contributed by atoms with Gasteiger partial charge in [-0.1, -0.05) is 0 Å². The SMILES string of the molecule is CC(=O)N(/C=C(/C#N)C(=O)N(CCO)CCO)c1ccc(N)cc1. The van der Waals surface area contributed by atoms with Crippen LogP contribution in [0.1, 0.15) is 6.92 Å². The van der Waals surface area contributed by atoms with Crippen molar-refractivity contribution < 1.29 is 19.8 Å². The van der Waals surface area contributed by atoms with Crippen molar-refractivity contribution in [3.8, 4) is 6.07 Å². The number of carbonyl (C=O) groups excluding carboxylic acids is 2. The van der Waals surface area contributed by atoms with E-state index < -0.39 is 11.8 Å². The van der Waals surface area contributed by atoms with Crippen molar-refractivity contribution in [2.45, 2.75) is 6.92 Å². The summed E-state index contributed by atoms with van der Waals surface area (Å²) in [7, 11) is 0. The van der Waals surface area contributed by atoms with Crippen LogP contribution in [0.4, 0.5) is 11.4 Å². The van der Waals surface area contributed by atoms with Gasteiger partial charge in [-0.25, -0.2) is 0 Å². The molecule has 0 bridgehead atoms. The van der Waals surface area contributed by atoms with Crippen molar-refractivity contribution in [3.63, 3.8) is 0 Å². The predicted octanol–water partition coefficient (Wildman–Crippen LogP) is -0.158. The molecule has 0 radical (unpaired) electrons. The second-order valence-corrected chi connectivity index (χ2v) is 4.87. The van der Waals surface area contributed by atoms with Gasteiger partial charge in [-0.3, -0.25) is 14.5 Å². The molecule has 1 rings (SSSR count). The molecule has 4 N–H and O–H groups in total. The Bertz CT molecular complexity index is 643. The molecule has 1 aromatic carbocycles. The van der Waals surface area contributed by atoms with Crippen LogP contribution in [0, 0.1) is 11.3 Å². The molecule has 0 aliphatic heterocycles. The van der Waals surface area contributed by atoms with Gasteiger partial charge in [0, 0.05) is 37.6 Å². The standard InChI is InChI=1S/C16H20N4O4/c1-12(23)20(15-4-2-14(18)3-5-15)11-13(10-17)16(24)19(6-8-21)7-9-22/h2-5,11,21-22H,6-9,18H2,1H3/b13-11-. The van der Waals surface area contributed by atoms with Crippen molar-refractivity contribution in [1.82, 2.24) is 4.90 Å². The maximum Gasteiger partial charge on any atom is 0.266 e. The number of nitrogens with zero attached hydrogens (tertiary/aromatic N) is 3. The van der Waals surface area contributed by atoms with E-state index in [0.29, 0.717) is 11.4 Å². The lowest BCUT2D eigenvalue weighted by Gasteiger charge is -2.22. The van der Waals surface area contributed by atoms with Crippen LogP contribution in [0.3, 0.4) is 0 Å². The smallest absolute Gasteiger partial charge is 0.266 e. The summed E-state index contributed by atoms with van der Waals surface area (Å²) in [4.78, 5) is 26.5. The molecule has 0 heterocycles. The minimum Gasteiger partial charge on any atom is -0.399 e. The number of carbonyl (C=O) groups is 2. The number of hydrogen-bond donors (Lipinski definition) is 3. The average Bonchev–Trinajstić information content (AvgIpc) is 2.56. The highest BCUT2D eigenvalue weighted by Gasteiger charge is 2.20. The number of nitrogen functional groups attached to an aromatic ring is 1. The van der Waals surface area contributed by atoms with Crippen LogP contribution in [0.2, 0.25) is 0 Å². The fraction of sp³-hybridized carbons (Fsp3) is 0.312. The van der Waals surface area contributed by atoms with Gasteiger partial charge in [0.15, 0.2) is 0 Å². The third-order valence-electron chi connectivity index (χ3n) is 3.15. The van der Waals surface area contributed by atoms with Gasteiger partial charge in [0.2, 0.25) is 5.91 Å². The van der Waals surface area contributed by atoms with Crippen molar-refractivity contribution >= 4 is 23.2 Å². The summed E-state index contributed by atoms with van der Waals surface area (Å²) in [6, 6.07) is 8.12. The second-order valence-electron chi connectivity index (χ2n) is 4.87. The van der Waals surface area contributed by atoms with Gasteiger partial charge in [0.05, 0.1) is 13.2 Å². The fourth-order valence-corrected chi connectivity index (χ4v) is 1.97. The summed E-state index contributed by atoms with van der Waals surface area (Å²) in [6.45, 7) is 0.629. The Morgan fingerprint density at radius 2 is 1.75 bits per heavy atom. The van der Waals surface area contributed by atoms with Gasteiger partial charge in [-0.15, -0.1) is 0 Å². The Kier molecular flexibility index (Phi) is 7.42. The Balaban J connectivity index is 3.17. The van der Waals surface area contributed by atoms with E-state index in [2.05, 4.69) is 0 Å². The van der Waals surface area contributed by atoms with Crippen LogP contribution in [0.15, 0.2) is 36.0 Å². The zero-order chi connectivity index (χ0) is 18.1. The molecule has 0 atom stereocenters. The number of rotatable bonds is 7. The highest BCUT2D eigenvalue weighted by molar-refractivity contribution is 6.01. The normalized spacial score (nSPS) is 10.8. The van der Waals surface area contributed by atoms with Crippen LogP contribution in [0.5, 0.6) is 0 Å². The van der Waals surface area contributed by atoms with Gasteiger partial charge in [0.1, 0.15) is 11.6 Å². The maximum absolute atomic E-state index is 12.4. The first-order chi connectivity index (χ1) is 11.4. The highest BCUT2D eigenvalue weighted by atomic mass is 16.3. The lowest BCUT2D eigenvalue weighted by molar-refractivity contribution is -0.127. The zero-order valence-electron chi connectivity index (χ0n) is 13.3. The number of aliphatic hydroxyl groups excluding tert-OH is 2. The summed E-state index contributed by atoms with van der Waals surface area (Å²) in [5.74, 6) is -1.07. The topological polar surface area (TPSA) is 131 Å². The molecule has 1 aromatic rings. The molecular formula is C16H20N4O4. The molecule has 0 saturated heterocycles. The lowest BCUT2D eigenvalue weighted by Crippen LogP contribution is -2.37. The maximum atomic E-state index is 12.4. The molecule has 24 heavy (non-hydrogen) atoms. The van der Waals surface area contributed by atoms with E-state index in [1.165, 1.54) is 6.92 Å². The predicted molar refractivity (Wildman–Crippen MR) is 88.5 cm³/mol. The Hall–Kier alpha value is -2.89. The average molecular weight is 332 g/mol. The molecule has 0 aliphatic rings. The molecule has 8 heteroatoms. The van der Waals surface area contributed by atoms with E-state index >= 15 is 0 Å². The largest absolute Gasteiger partial charge is 0.399 e. The summed E-state index contributed by atoms with van der Waals surface area (Å²) < 4.78 is 0. The molecule has 2 amide bonds. The molecule has 0 unspecified atom stereocenters. The molecular weight excluding hydrogens is 312 g/mol. The first-order valence-electron chi connectivity index (χ1n) is 7.22. The third kappa shape index (κ3) is 5.08. The van der Waals surface area contributed by atoms with Gasteiger partial charge in [-0.2, -0.15) is 5.26 Å². The van der Waals surface area contributed by atoms with Crippen molar-refractivity contribution in [3.05, 3.63) is 36.0 Å². The van der Waals surface area contributed by atoms with E-state index in [1.54, 1.807) is 30.3 Å². The Labute approximate surface area is 140 Å². The monoisotopic (exact) mass is 332 g/mol. The Morgan fingerprint density at radius 3 is 2.17 bits per heavy atom. The van der Waals surface area contributed by atoms with E-state index in [4.69, 9.17) is 15.9 Å². The first-order valence-corrected chi connectivity index (χ1v) is 7.22. The second kappa shape index (κ2) is 9.29. The summed E-state index contributed by atoms with van der Waals surface area (Å²) >= 11 is 0. The number of aliphatic hydroxyl groups is 2. The molecule has 0 aliphatic carbocycles. The minimum atomic E-state index is -0.678. The minimum absolute atomic E-state index is 0.0274. The van der Waals surface area contributed by atoms with Gasteiger partial charge in [-0.05, 0) is 24.3 Å².